The molecule has 17 heavy (non-hydrogen) atoms. The summed E-state index contributed by atoms with van der Waals surface area (Å²) in [5.74, 6) is 2.28. The summed E-state index contributed by atoms with van der Waals surface area (Å²) in [5.41, 5.74) is 6.41. The zero-order chi connectivity index (χ0) is 12.8. The first-order chi connectivity index (χ1) is 8.10. The third-order valence-corrected chi connectivity index (χ3v) is 2.89. The second-order valence-electron chi connectivity index (χ2n) is 3.70. The Kier molecular flexibility index (Phi) is 4.86. The van der Waals surface area contributed by atoms with E-state index in [-0.39, 0.29) is 17.0 Å². The van der Waals surface area contributed by atoms with Gasteiger partial charge in [-0.25, -0.2) is 0 Å². The fraction of sp³-hybridized carbons (Fsp3) is 0.308. The first-order valence-corrected chi connectivity index (χ1v) is 5.76. The molecule has 1 rings (SSSR count). The van der Waals surface area contributed by atoms with Crippen molar-refractivity contribution in [3.8, 4) is 12.3 Å². The third-order valence-electron chi connectivity index (χ3n) is 2.47. The molecule has 0 aliphatic heterocycles. The van der Waals surface area contributed by atoms with Crippen LogP contribution in [0.5, 0.6) is 0 Å². The van der Waals surface area contributed by atoms with Crippen LogP contribution in [0.3, 0.4) is 0 Å². The van der Waals surface area contributed by atoms with Gasteiger partial charge < -0.3 is 11.1 Å². The second-order valence-corrected chi connectivity index (χ2v) is 4.07. The first-order valence-electron chi connectivity index (χ1n) is 5.38. The number of amides is 1. The van der Waals surface area contributed by atoms with Crippen molar-refractivity contribution in [1.82, 2.24) is 5.32 Å². The first kappa shape index (κ1) is 13.4. The number of anilines is 1. The van der Waals surface area contributed by atoms with E-state index in [9.17, 15) is 4.79 Å². The number of hydrogen-bond donors (Lipinski definition) is 2. The molecule has 1 aromatic carbocycles. The number of terminal acetylenes is 1. The summed E-state index contributed by atoms with van der Waals surface area (Å²) in [7, 11) is 0. The normalized spacial score (nSPS) is 11.6. The van der Waals surface area contributed by atoms with Crippen molar-refractivity contribution in [1.29, 1.82) is 0 Å². The smallest absolute Gasteiger partial charge is 0.253 e. The van der Waals surface area contributed by atoms with Crippen molar-refractivity contribution in [3.05, 3.63) is 28.8 Å². The molecule has 0 aliphatic rings. The summed E-state index contributed by atoms with van der Waals surface area (Å²) in [6.45, 7) is 1.96. The number of benzene rings is 1. The van der Waals surface area contributed by atoms with E-state index >= 15 is 0 Å². The number of nitrogen functional groups attached to an aromatic ring is 1. The number of nitrogens with one attached hydrogen (secondary N) is 1. The zero-order valence-electron chi connectivity index (χ0n) is 9.66. The minimum absolute atomic E-state index is 0.0370. The van der Waals surface area contributed by atoms with Gasteiger partial charge in [0.15, 0.2) is 0 Å². The third kappa shape index (κ3) is 3.40. The van der Waals surface area contributed by atoms with E-state index in [0.717, 1.165) is 6.42 Å². The zero-order valence-corrected chi connectivity index (χ0v) is 10.4. The largest absolute Gasteiger partial charge is 0.398 e. The topological polar surface area (TPSA) is 55.1 Å². The molecule has 0 aromatic heterocycles. The number of hydrogen-bond acceptors (Lipinski definition) is 2. The molecule has 1 aromatic rings. The highest BCUT2D eigenvalue weighted by Crippen LogP contribution is 2.23. The van der Waals surface area contributed by atoms with Gasteiger partial charge >= 0.3 is 0 Å². The van der Waals surface area contributed by atoms with Crippen LogP contribution in [0.4, 0.5) is 5.69 Å². The fourth-order valence-electron chi connectivity index (χ4n) is 1.43. The molecular weight excluding hydrogens is 236 g/mol. The van der Waals surface area contributed by atoms with Crippen LogP contribution in [0.1, 0.15) is 30.1 Å². The lowest BCUT2D eigenvalue weighted by Crippen LogP contribution is -2.34. The lowest BCUT2D eigenvalue weighted by Gasteiger charge is -2.15. The molecule has 3 nitrogen and oxygen atoms in total. The highest BCUT2D eigenvalue weighted by molar-refractivity contribution is 6.36. The van der Waals surface area contributed by atoms with E-state index in [4.69, 9.17) is 23.8 Å². The Morgan fingerprint density at radius 2 is 2.35 bits per heavy atom. The standard InChI is InChI=1S/C13H15ClN2O/c1-3-6-9(4-2)16-13(17)10-7-5-8-11(15)12(10)14/h1,5,7-9H,4,6,15H2,2H3,(H,16,17). The average molecular weight is 251 g/mol. The van der Waals surface area contributed by atoms with Gasteiger partial charge in [0, 0.05) is 12.5 Å². The Morgan fingerprint density at radius 1 is 1.65 bits per heavy atom. The maximum atomic E-state index is 11.9. The lowest BCUT2D eigenvalue weighted by atomic mass is 10.1. The Morgan fingerprint density at radius 3 is 2.94 bits per heavy atom. The van der Waals surface area contributed by atoms with Crippen LogP contribution < -0.4 is 11.1 Å². The predicted octanol–water partition coefficient (Wildman–Crippen LogP) is 2.45. The summed E-state index contributed by atoms with van der Waals surface area (Å²) in [4.78, 5) is 11.9. The molecule has 0 spiro atoms. The van der Waals surface area contributed by atoms with Gasteiger partial charge in [0.25, 0.3) is 5.91 Å². The molecule has 0 aliphatic carbocycles. The molecule has 0 saturated carbocycles. The number of halogens is 1. The summed E-state index contributed by atoms with van der Waals surface area (Å²) in [6, 6.07) is 4.94. The minimum Gasteiger partial charge on any atom is -0.398 e. The van der Waals surface area contributed by atoms with Gasteiger partial charge in [-0.05, 0) is 18.6 Å². The van der Waals surface area contributed by atoms with Gasteiger partial charge in [0.05, 0.1) is 16.3 Å². The SMILES string of the molecule is C#CCC(CC)NC(=O)c1cccc(N)c1Cl. The molecule has 1 atom stereocenters. The fourth-order valence-corrected chi connectivity index (χ4v) is 1.64. The number of rotatable bonds is 4. The lowest BCUT2D eigenvalue weighted by molar-refractivity contribution is 0.0937. The van der Waals surface area contributed by atoms with E-state index in [1.165, 1.54) is 0 Å². The highest BCUT2D eigenvalue weighted by atomic mass is 35.5. The Balaban J connectivity index is 2.83. The average Bonchev–Trinajstić information content (AvgIpc) is 2.31. The molecule has 0 heterocycles. The van der Waals surface area contributed by atoms with Crippen LogP contribution >= 0.6 is 11.6 Å². The molecule has 0 radical (unpaired) electrons. The van der Waals surface area contributed by atoms with Crippen molar-refractivity contribution in [2.24, 2.45) is 0 Å². The van der Waals surface area contributed by atoms with Gasteiger partial charge in [0.2, 0.25) is 0 Å². The van der Waals surface area contributed by atoms with Gasteiger partial charge in [0.1, 0.15) is 0 Å². The van der Waals surface area contributed by atoms with E-state index in [1.54, 1.807) is 18.2 Å². The quantitative estimate of drug-likeness (QED) is 0.637. The van der Waals surface area contributed by atoms with E-state index in [1.807, 2.05) is 6.92 Å². The van der Waals surface area contributed by atoms with Crippen LogP contribution in [0, 0.1) is 12.3 Å². The van der Waals surface area contributed by atoms with Crippen LogP contribution in [0.15, 0.2) is 18.2 Å². The van der Waals surface area contributed by atoms with Crippen LogP contribution in [-0.4, -0.2) is 11.9 Å². The molecule has 0 saturated heterocycles. The van der Waals surface area contributed by atoms with Crippen LogP contribution in [-0.2, 0) is 0 Å². The van der Waals surface area contributed by atoms with E-state index in [0.29, 0.717) is 17.7 Å². The maximum Gasteiger partial charge on any atom is 0.253 e. The highest BCUT2D eigenvalue weighted by Gasteiger charge is 2.15. The van der Waals surface area contributed by atoms with Crippen molar-refractivity contribution >= 4 is 23.2 Å². The summed E-state index contributed by atoms with van der Waals surface area (Å²) < 4.78 is 0. The number of carbonyl (C=O) groups excluding carboxylic acids is 1. The Bertz CT molecular complexity index is 451. The summed E-state index contributed by atoms with van der Waals surface area (Å²) >= 11 is 5.97. The second kappa shape index (κ2) is 6.17. The molecule has 4 heteroatoms. The van der Waals surface area contributed by atoms with Gasteiger partial charge in [-0.1, -0.05) is 24.6 Å². The van der Waals surface area contributed by atoms with Crippen molar-refractivity contribution in [2.75, 3.05) is 5.73 Å². The van der Waals surface area contributed by atoms with E-state index in [2.05, 4.69) is 11.2 Å². The number of carbonyl (C=O) groups is 1. The van der Waals surface area contributed by atoms with Crippen LogP contribution in [0.25, 0.3) is 0 Å². The summed E-state index contributed by atoms with van der Waals surface area (Å²) in [5, 5.41) is 3.11. The Hall–Kier alpha value is -1.66. The molecule has 90 valence electrons. The number of nitrogens with two attached hydrogens (primary N) is 1. The molecule has 0 bridgehead atoms. The molecule has 3 N–H and O–H groups in total. The van der Waals surface area contributed by atoms with Gasteiger partial charge in [-0.15, -0.1) is 12.3 Å². The Labute approximate surface area is 106 Å². The van der Waals surface area contributed by atoms with Crippen molar-refractivity contribution < 1.29 is 4.79 Å². The molecule has 1 unspecified atom stereocenters. The van der Waals surface area contributed by atoms with Crippen molar-refractivity contribution in [3.63, 3.8) is 0 Å². The monoisotopic (exact) mass is 250 g/mol. The maximum absolute atomic E-state index is 11.9. The van der Waals surface area contributed by atoms with Gasteiger partial charge in [-0.3, -0.25) is 4.79 Å². The molecule has 1 amide bonds. The summed E-state index contributed by atoms with van der Waals surface area (Å²) in [6.07, 6.45) is 6.50. The van der Waals surface area contributed by atoms with Crippen LogP contribution in [0.2, 0.25) is 5.02 Å². The predicted molar refractivity (Wildman–Crippen MR) is 70.9 cm³/mol. The van der Waals surface area contributed by atoms with Crippen molar-refractivity contribution in [2.45, 2.75) is 25.8 Å². The van der Waals surface area contributed by atoms with Gasteiger partial charge in [-0.2, -0.15) is 0 Å². The molecular formula is C13H15ClN2O. The minimum atomic E-state index is -0.246. The van der Waals surface area contributed by atoms with E-state index < -0.39 is 0 Å². The molecule has 0 fully saturated rings.